The van der Waals surface area contributed by atoms with Crippen LogP contribution in [0.15, 0.2) is 11.6 Å². The van der Waals surface area contributed by atoms with Crippen molar-refractivity contribution >= 4 is 8.32 Å². The lowest BCUT2D eigenvalue weighted by Gasteiger charge is -2.38. The van der Waals surface area contributed by atoms with Gasteiger partial charge in [0, 0.05) is 6.42 Å². The highest BCUT2D eigenvalue weighted by atomic mass is 28.4. The Balaban J connectivity index is 2.58. The van der Waals surface area contributed by atoms with Crippen LogP contribution in [-0.4, -0.2) is 33.4 Å². The molecule has 2 atom stereocenters. The lowest BCUT2D eigenvalue weighted by atomic mass is 10.1. The van der Waals surface area contributed by atoms with Gasteiger partial charge in [0.1, 0.15) is 6.10 Å². The van der Waals surface area contributed by atoms with Crippen LogP contribution in [-0.2, 0) is 13.9 Å². The lowest BCUT2D eigenvalue weighted by molar-refractivity contribution is -0.189. The Kier molecular flexibility index (Phi) is 6.02. The third-order valence-corrected chi connectivity index (χ3v) is 8.78. The standard InChI is InChI=1S/C16H32O3Si/c1-12(2)18-15-10-9-13(3)14(19-15)11-17-20(7,8)16(4,5)6/h9,12,14-15H,10-11H2,1-8H3/t14-,15+/m1/s1. The Morgan fingerprint density at radius 3 is 2.45 bits per heavy atom. The summed E-state index contributed by atoms with van der Waals surface area (Å²) in [4.78, 5) is 0. The third-order valence-electron chi connectivity index (χ3n) is 4.28. The minimum Gasteiger partial charge on any atom is -0.414 e. The molecule has 0 aromatic carbocycles. The summed E-state index contributed by atoms with van der Waals surface area (Å²) in [5.41, 5.74) is 1.26. The SMILES string of the molecule is CC1=CC[C@@H](OC(C)C)O[C@@H]1CO[Si](C)(C)C(C)(C)C. The molecule has 1 heterocycles. The van der Waals surface area contributed by atoms with Crippen molar-refractivity contribution < 1.29 is 13.9 Å². The van der Waals surface area contributed by atoms with E-state index in [2.05, 4.69) is 46.9 Å². The summed E-state index contributed by atoms with van der Waals surface area (Å²) in [7, 11) is -1.72. The highest BCUT2D eigenvalue weighted by Crippen LogP contribution is 2.37. The van der Waals surface area contributed by atoms with Gasteiger partial charge in [0.15, 0.2) is 14.6 Å². The van der Waals surface area contributed by atoms with E-state index in [0.29, 0.717) is 6.61 Å². The van der Waals surface area contributed by atoms with Crippen molar-refractivity contribution in [1.29, 1.82) is 0 Å². The van der Waals surface area contributed by atoms with Crippen molar-refractivity contribution in [2.75, 3.05) is 6.61 Å². The van der Waals surface area contributed by atoms with Crippen LogP contribution >= 0.6 is 0 Å². The van der Waals surface area contributed by atoms with E-state index in [0.717, 1.165) is 6.42 Å². The first-order chi connectivity index (χ1) is 9.03. The van der Waals surface area contributed by atoms with E-state index in [-0.39, 0.29) is 23.5 Å². The van der Waals surface area contributed by atoms with Crippen LogP contribution in [0, 0.1) is 0 Å². The van der Waals surface area contributed by atoms with Crippen LogP contribution in [0.5, 0.6) is 0 Å². The molecule has 1 aliphatic heterocycles. The van der Waals surface area contributed by atoms with Crippen LogP contribution < -0.4 is 0 Å². The van der Waals surface area contributed by atoms with Crippen LogP contribution in [0.4, 0.5) is 0 Å². The molecule has 1 rings (SSSR count). The first-order valence-electron chi connectivity index (χ1n) is 7.64. The smallest absolute Gasteiger partial charge is 0.192 e. The molecular weight excluding hydrogens is 268 g/mol. The Morgan fingerprint density at radius 2 is 1.95 bits per heavy atom. The summed E-state index contributed by atoms with van der Waals surface area (Å²) in [6.07, 6.45) is 3.14. The predicted molar refractivity (Wildman–Crippen MR) is 86.4 cm³/mol. The average Bonchev–Trinajstić information content (AvgIpc) is 2.27. The van der Waals surface area contributed by atoms with E-state index in [1.807, 2.05) is 13.8 Å². The molecule has 0 radical (unpaired) electrons. The molecule has 20 heavy (non-hydrogen) atoms. The molecule has 0 spiro atoms. The fourth-order valence-corrected chi connectivity index (χ4v) is 2.82. The van der Waals surface area contributed by atoms with E-state index in [4.69, 9.17) is 13.9 Å². The summed E-state index contributed by atoms with van der Waals surface area (Å²) >= 11 is 0. The summed E-state index contributed by atoms with van der Waals surface area (Å²) in [6, 6.07) is 0. The molecule has 0 N–H and O–H groups in total. The second-order valence-electron chi connectivity index (χ2n) is 7.49. The normalized spacial score (nSPS) is 24.9. The predicted octanol–water partition coefficient (Wildman–Crippen LogP) is 4.49. The second-order valence-corrected chi connectivity index (χ2v) is 12.3. The van der Waals surface area contributed by atoms with E-state index in [1.165, 1.54) is 5.57 Å². The van der Waals surface area contributed by atoms with E-state index >= 15 is 0 Å². The summed E-state index contributed by atoms with van der Waals surface area (Å²) in [6.45, 7) is 18.2. The van der Waals surface area contributed by atoms with Crippen molar-refractivity contribution in [3.8, 4) is 0 Å². The minimum atomic E-state index is -1.72. The van der Waals surface area contributed by atoms with Crippen molar-refractivity contribution in [2.24, 2.45) is 0 Å². The van der Waals surface area contributed by atoms with E-state index in [1.54, 1.807) is 0 Å². The lowest BCUT2D eigenvalue weighted by Crippen LogP contribution is -2.44. The second kappa shape index (κ2) is 6.73. The van der Waals surface area contributed by atoms with Crippen molar-refractivity contribution in [1.82, 2.24) is 0 Å². The summed E-state index contributed by atoms with van der Waals surface area (Å²) in [5, 5.41) is 0.229. The third kappa shape index (κ3) is 4.99. The maximum Gasteiger partial charge on any atom is 0.192 e. The van der Waals surface area contributed by atoms with Crippen molar-refractivity contribution in [3.05, 3.63) is 11.6 Å². The fourth-order valence-electron chi connectivity index (χ4n) is 1.82. The Hall–Kier alpha value is -0.163. The Morgan fingerprint density at radius 1 is 1.35 bits per heavy atom. The molecule has 0 saturated heterocycles. The van der Waals surface area contributed by atoms with Crippen LogP contribution in [0.3, 0.4) is 0 Å². The molecule has 0 saturated carbocycles. The van der Waals surface area contributed by atoms with Gasteiger partial charge in [-0.1, -0.05) is 26.8 Å². The molecule has 3 nitrogen and oxygen atoms in total. The number of rotatable bonds is 5. The van der Waals surface area contributed by atoms with E-state index in [9.17, 15) is 0 Å². The number of hydrogen-bond donors (Lipinski definition) is 0. The number of hydrogen-bond acceptors (Lipinski definition) is 3. The van der Waals surface area contributed by atoms with Crippen LogP contribution in [0.2, 0.25) is 18.1 Å². The first-order valence-corrected chi connectivity index (χ1v) is 10.6. The zero-order valence-electron chi connectivity index (χ0n) is 14.4. The molecule has 4 heteroatoms. The summed E-state index contributed by atoms with van der Waals surface area (Å²) < 4.78 is 18.1. The molecule has 1 aliphatic rings. The number of ether oxygens (including phenoxy) is 2. The maximum atomic E-state index is 6.27. The van der Waals surface area contributed by atoms with Crippen molar-refractivity contribution in [2.45, 2.75) is 84.6 Å². The fraction of sp³-hybridized carbons (Fsp3) is 0.875. The van der Waals surface area contributed by atoms with E-state index < -0.39 is 8.32 Å². The molecule has 0 aromatic heterocycles. The van der Waals surface area contributed by atoms with Gasteiger partial charge in [-0.3, -0.25) is 0 Å². The van der Waals surface area contributed by atoms with Gasteiger partial charge >= 0.3 is 0 Å². The highest BCUT2D eigenvalue weighted by Gasteiger charge is 2.38. The van der Waals surface area contributed by atoms with Crippen LogP contribution in [0.1, 0.15) is 48.0 Å². The quantitative estimate of drug-likeness (QED) is 0.553. The van der Waals surface area contributed by atoms with Crippen molar-refractivity contribution in [3.63, 3.8) is 0 Å². The van der Waals surface area contributed by atoms with Gasteiger partial charge in [-0.15, -0.1) is 0 Å². The van der Waals surface area contributed by atoms with Gasteiger partial charge in [0.25, 0.3) is 0 Å². The molecule has 0 aliphatic carbocycles. The maximum absolute atomic E-state index is 6.27. The zero-order chi connectivity index (χ0) is 15.6. The first kappa shape index (κ1) is 17.9. The van der Waals surface area contributed by atoms with Gasteiger partial charge in [0.2, 0.25) is 0 Å². The van der Waals surface area contributed by atoms with Gasteiger partial charge < -0.3 is 13.9 Å². The Bertz CT molecular complexity index is 342. The average molecular weight is 301 g/mol. The van der Waals surface area contributed by atoms with Gasteiger partial charge in [-0.05, 0) is 44.5 Å². The zero-order valence-corrected chi connectivity index (χ0v) is 15.4. The van der Waals surface area contributed by atoms with Gasteiger partial charge in [-0.25, -0.2) is 0 Å². The van der Waals surface area contributed by atoms with Crippen LogP contribution in [0.25, 0.3) is 0 Å². The monoisotopic (exact) mass is 300 g/mol. The van der Waals surface area contributed by atoms with Gasteiger partial charge in [-0.2, -0.15) is 0 Å². The molecule has 0 bridgehead atoms. The highest BCUT2D eigenvalue weighted by molar-refractivity contribution is 6.74. The molecule has 0 aromatic rings. The molecule has 0 amide bonds. The topological polar surface area (TPSA) is 27.7 Å². The summed E-state index contributed by atoms with van der Waals surface area (Å²) in [5.74, 6) is 0. The minimum absolute atomic E-state index is 0.0293. The molecule has 0 fully saturated rings. The molecular formula is C16H32O3Si. The Labute approximate surface area is 125 Å². The van der Waals surface area contributed by atoms with Gasteiger partial charge in [0.05, 0.1) is 12.7 Å². The largest absolute Gasteiger partial charge is 0.414 e. The molecule has 118 valence electrons. The molecule has 0 unspecified atom stereocenters.